The van der Waals surface area contributed by atoms with Crippen molar-refractivity contribution in [2.45, 2.75) is 18.9 Å². The van der Waals surface area contributed by atoms with E-state index >= 15 is 0 Å². The number of carbonyl (C=O) groups is 2. The summed E-state index contributed by atoms with van der Waals surface area (Å²) in [6.07, 6.45) is 5.93. The predicted molar refractivity (Wildman–Crippen MR) is 115 cm³/mol. The summed E-state index contributed by atoms with van der Waals surface area (Å²) in [7, 11) is -3.04. The number of thiocarbonyl (C=S) groups is 1. The van der Waals surface area contributed by atoms with Crippen LogP contribution in [0.25, 0.3) is 6.08 Å². The number of benzene rings is 1. The average Bonchev–Trinajstić information content (AvgIpc) is 3.12. The van der Waals surface area contributed by atoms with Gasteiger partial charge < -0.3 is 5.32 Å². The molecule has 9 heteroatoms. The van der Waals surface area contributed by atoms with Crippen LogP contribution in [-0.2, 0) is 19.4 Å². The maximum Gasteiger partial charge on any atom is 0.266 e. The van der Waals surface area contributed by atoms with Gasteiger partial charge in [0, 0.05) is 19.0 Å². The number of hydrogen-bond donors (Lipinski definition) is 1. The van der Waals surface area contributed by atoms with Crippen LogP contribution in [0, 0.1) is 0 Å². The third kappa shape index (κ3) is 5.52. The second-order valence-electron chi connectivity index (χ2n) is 6.54. The first kappa shape index (κ1) is 20.8. The van der Waals surface area contributed by atoms with Crippen LogP contribution in [0.3, 0.4) is 0 Å². The Morgan fingerprint density at radius 3 is 2.75 bits per heavy atom. The minimum Gasteiger partial charge on any atom is -0.352 e. The molecule has 2 aliphatic heterocycles. The molecule has 2 aliphatic rings. The molecular formula is C19H20N2O4S3. The highest BCUT2D eigenvalue weighted by Gasteiger charge is 2.32. The van der Waals surface area contributed by atoms with E-state index in [2.05, 4.69) is 5.32 Å². The summed E-state index contributed by atoms with van der Waals surface area (Å²) in [5.41, 5.74) is 1.03. The standard InChI is InChI=1S/C19H20N2O4S3/c22-17(20-15-10-12-28(24,25)13-15)9-11-21-18(23)16(27-19(21)26)8-4-7-14-5-2-1-3-6-14/h1-8,15H,9-13H2,(H,20,22)/b7-4+,16-8+/t15-/m0/s1. The van der Waals surface area contributed by atoms with Crippen molar-refractivity contribution >= 4 is 56.0 Å². The molecule has 2 amide bonds. The first-order valence-electron chi connectivity index (χ1n) is 8.81. The Kier molecular flexibility index (Phi) is 6.69. The molecule has 1 aromatic rings. The van der Waals surface area contributed by atoms with Crippen LogP contribution in [0.15, 0.2) is 47.4 Å². The Morgan fingerprint density at radius 2 is 2.07 bits per heavy atom. The van der Waals surface area contributed by atoms with E-state index in [9.17, 15) is 18.0 Å². The third-order valence-electron chi connectivity index (χ3n) is 4.37. The molecule has 0 bridgehead atoms. The van der Waals surface area contributed by atoms with Gasteiger partial charge in [-0.3, -0.25) is 14.5 Å². The second-order valence-corrected chi connectivity index (χ2v) is 10.4. The Hall–Kier alpha value is -1.97. The lowest BCUT2D eigenvalue weighted by Gasteiger charge is -2.15. The zero-order valence-electron chi connectivity index (χ0n) is 15.0. The van der Waals surface area contributed by atoms with E-state index in [0.29, 0.717) is 15.6 Å². The van der Waals surface area contributed by atoms with Crippen molar-refractivity contribution in [3.63, 3.8) is 0 Å². The number of amides is 2. The lowest BCUT2D eigenvalue weighted by atomic mass is 10.2. The van der Waals surface area contributed by atoms with Crippen LogP contribution in [0.1, 0.15) is 18.4 Å². The van der Waals surface area contributed by atoms with E-state index in [4.69, 9.17) is 12.2 Å². The number of nitrogens with zero attached hydrogens (tertiary/aromatic N) is 1. The number of rotatable bonds is 6. The van der Waals surface area contributed by atoms with Crippen LogP contribution in [-0.4, -0.2) is 53.5 Å². The van der Waals surface area contributed by atoms with Gasteiger partial charge >= 0.3 is 0 Å². The minimum atomic E-state index is -3.04. The van der Waals surface area contributed by atoms with Crippen molar-refractivity contribution in [1.29, 1.82) is 0 Å². The molecule has 2 fully saturated rings. The van der Waals surface area contributed by atoms with Crippen molar-refractivity contribution in [2.75, 3.05) is 18.1 Å². The van der Waals surface area contributed by atoms with Gasteiger partial charge in [-0.2, -0.15) is 0 Å². The van der Waals surface area contributed by atoms with Gasteiger partial charge in [-0.1, -0.05) is 66.5 Å². The third-order valence-corrected chi connectivity index (χ3v) is 7.53. The topological polar surface area (TPSA) is 83.6 Å². The molecule has 2 heterocycles. The molecule has 3 rings (SSSR count). The molecule has 0 saturated carbocycles. The van der Waals surface area contributed by atoms with Crippen LogP contribution in [0.4, 0.5) is 0 Å². The summed E-state index contributed by atoms with van der Waals surface area (Å²) in [5.74, 6) is -0.405. The van der Waals surface area contributed by atoms with Crippen molar-refractivity contribution in [3.05, 3.63) is 53.0 Å². The number of nitrogens with one attached hydrogen (secondary N) is 1. The lowest BCUT2D eigenvalue weighted by Crippen LogP contribution is -2.38. The highest BCUT2D eigenvalue weighted by molar-refractivity contribution is 8.26. The fourth-order valence-corrected chi connectivity index (χ4v) is 5.87. The molecule has 1 aromatic carbocycles. The van der Waals surface area contributed by atoms with Crippen LogP contribution < -0.4 is 5.32 Å². The number of sulfone groups is 1. The van der Waals surface area contributed by atoms with Gasteiger partial charge in [0.25, 0.3) is 5.91 Å². The first-order valence-corrected chi connectivity index (χ1v) is 11.9. The summed E-state index contributed by atoms with van der Waals surface area (Å²) >= 11 is 6.46. The molecule has 2 saturated heterocycles. The lowest BCUT2D eigenvalue weighted by molar-refractivity contribution is -0.124. The smallest absolute Gasteiger partial charge is 0.266 e. The van der Waals surface area contributed by atoms with Crippen molar-refractivity contribution in [2.24, 2.45) is 0 Å². The van der Waals surface area contributed by atoms with Gasteiger partial charge in [-0.15, -0.1) is 0 Å². The van der Waals surface area contributed by atoms with E-state index < -0.39 is 9.84 Å². The monoisotopic (exact) mass is 436 g/mol. The van der Waals surface area contributed by atoms with E-state index in [1.54, 1.807) is 12.2 Å². The molecule has 6 nitrogen and oxygen atoms in total. The van der Waals surface area contributed by atoms with E-state index in [1.165, 1.54) is 16.7 Å². The molecule has 1 atom stereocenters. The zero-order chi connectivity index (χ0) is 20.1. The Balaban J connectivity index is 1.51. The molecule has 0 unspecified atom stereocenters. The summed E-state index contributed by atoms with van der Waals surface area (Å²) in [6.45, 7) is 0.176. The summed E-state index contributed by atoms with van der Waals surface area (Å²) in [4.78, 5) is 26.5. The summed E-state index contributed by atoms with van der Waals surface area (Å²) in [6, 6.07) is 9.39. The zero-order valence-corrected chi connectivity index (χ0v) is 17.5. The van der Waals surface area contributed by atoms with Gasteiger partial charge in [0.2, 0.25) is 5.91 Å². The molecule has 1 N–H and O–H groups in total. The second kappa shape index (κ2) is 9.02. The molecule has 0 spiro atoms. The van der Waals surface area contributed by atoms with E-state index in [-0.39, 0.29) is 42.3 Å². The van der Waals surface area contributed by atoms with E-state index in [1.807, 2.05) is 36.4 Å². The average molecular weight is 437 g/mol. The minimum absolute atomic E-state index is 0.0176. The van der Waals surface area contributed by atoms with Gasteiger partial charge in [0.15, 0.2) is 9.84 Å². The largest absolute Gasteiger partial charge is 0.352 e. The molecule has 0 radical (unpaired) electrons. The molecule has 0 aliphatic carbocycles. The van der Waals surface area contributed by atoms with Crippen LogP contribution in [0.5, 0.6) is 0 Å². The van der Waals surface area contributed by atoms with Crippen molar-refractivity contribution < 1.29 is 18.0 Å². The summed E-state index contributed by atoms with van der Waals surface area (Å²) < 4.78 is 23.3. The highest BCUT2D eigenvalue weighted by atomic mass is 32.2. The SMILES string of the molecule is O=C(CCN1C(=O)/C(=C\C=C\c2ccccc2)SC1=S)N[C@H]1CCS(=O)(=O)C1. The van der Waals surface area contributed by atoms with Gasteiger partial charge in [0.1, 0.15) is 4.32 Å². The normalized spacial score (nSPS) is 23.1. The maximum absolute atomic E-state index is 12.5. The first-order chi connectivity index (χ1) is 13.3. The number of hydrogen-bond acceptors (Lipinski definition) is 6. The molecule has 28 heavy (non-hydrogen) atoms. The predicted octanol–water partition coefficient (Wildman–Crippen LogP) is 2.14. The van der Waals surface area contributed by atoms with Gasteiger partial charge in [-0.05, 0) is 18.1 Å². The quantitative estimate of drug-likeness (QED) is 0.543. The van der Waals surface area contributed by atoms with Gasteiger partial charge in [-0.25, -0.2) is 8.42 Å². The molecule has 148 valence electrons. The highest BCUT2D eigenvalue weighted by Crippen LogP contribution is 2.31. The van der Waals surface area contributed by atoms with Crippen LogP contribution in [0.2, 0.25) is 0 Å². The molecular weight excluding hydrogens is 416 g/mol. The Bertz CT molecular complexity index is 939. The number of carbonyl (C=O) groups excluding carboxylic acids is 2. The summed E-state index contributed by atoms with van der Waals surface area (Å²) in [5, 5.41) is 2.72. The fourth-order valence-electron chi connectivity index (χ4n) is 2.94. The Labute approximate surface area is 174 Å². The van der Waals surface area contributed by atoms with Crippen molar-refractivity contribution in [1.82, 2.24) is 10.2 Å². The fraction of sp³-hybridized carbons (Fsp3) is 0.316. The van der Waals surface area contributed by atoms with E-state index in [0.717, 1.165) is 5.56 Å². The van der Waals surface area contributed by atoms with Crippen LogP contribution >= 0.6 is 24.0 Å². The van der Waals surface area contributed by atoms with Crippen molar-refractivity contribution in [3.8, 4) is 0 Å². The number of thioether (sulfide) groups is 1. The molecule has 0 aromatic heterocycles. The number of allylic oxidation sites excluding steroid dienone is 2. The maximum atomic E-state index is 12.5. The Morgan fingerprint density at radius 1 is 1.32 bits per heavy atom. The van der Waals surface area contributed by atoms with Gasteiger partial charge in [0.05, 0.1) is 16.4 Å².